The van der Waals surface area contributed by atoms with Crippen LogP contribution in [0.3, 0.4) is 0 Å². The van der Waals surface area contributed by atoms with Gasteiger partial charge in [0.25, 0.3) is 20.0 Å². The number of carbonyl (C=O) groups excluding carboxylic acids is 4. The van der Waals surface area contributed by atoms with Gasteiger partial charge in [0, 0.05) is 38.1 Å². The summed E-state index contributed by atoms with van der Waals surface area (Å²) in [4.78, 5) is 45.9. The number of amides is 4. The molecular formula is C23H28N4O8S2. The first-order valence-corrected chi connectivity index (χ1v) is 14.1. The van der Waals surface area contributed by atoms with Crippen molar-refractivity contribution < 1.29 is 36.0 Å². The molecule has 0 saturated heterocycles. The van der Waals surface area contributed by atoms with Crippen molar-refractivity contribution in [2.75, 3.05) is 10.6 Å². The maximum Gasteiger partial charge on any atom is 0.264 e. The zero-order valence-electron chi connectivity index (χ0n) is 20.2. The van der Waals surface area contributed by atoms with Crippen LogP contribution in [0.25, 0.3) is 0 Å². The van der Waals surface area contributed by atoms with Crippen molar-refractivity contribution in [2.45, 2.75) is 55.7 Å². The average molecular weight is 553 g/mol. The lowest BCUT2D eigenvalue weighted by Gasteiger charge is -2.09. The van der Waals surface area contributed by atoms with Crippen LogP contribution in [0.5, 0.6) is 0 Å². The molecule has 12 nitrogen and oxygen atoms in total. The van der Waals surface area contributed by atoms with Gasteiger partial charge < -0.3 is 10.6 Å². The quantitative estimate of drug-likeness (QED) is 0.287. The number of anilines is 2. The smallest absolute Gasteiger partial charge is 0.264 e. The van der Waals surface area contributed by atoms with Crippen molar-refractivity contribution in [1.82, 2.24) is 9.44 Å². The SMILES string of the molecule is CC(=O)Nc1ccc(S(=O)(=O)NC(=O)CCCCCC(=O)NS(=O)(=O)c2ccc(NC(C)=O)cc2)cc1. The number of hydrogen-bond donors (Lipinski definition) is 4. The molecule has 0 heterocycles. The molecule has 0 aliphatic heterocycles. The van der Waals surface area contributed by atoms with Crippen molar-refractivity contribution in [3.63, 3.8) is 0 Å². The molecule has 2 aromatic carbocycles. The number of sulfonamides is 2. The summed E-state index contributed by atoms with van der Waals surface area (Å²) < 4.78 is 53.2. The molecular weight excluding hydrogens is 524 g/mol. The largest absolute Gasteiger partial charge is 0.326 e. The number of rotatable bonds is 12. The fourth-order valence-electron chi connectivity index (χ4n) is 3.11. The predicted octanol–water partition coefficient (Wildman–Crippen LogP) is 1.86. The fraction of sp³-hybridized carbons (Fsp3) is 0.304. The van der Waals surface area contributed by atoms with Gasteiger partial charge in [0.1, 0.15) is 0 Å². The van der Waals surface area contributed by atoms with E-state index in [0.717, 1.165) is 0 Å². The van der Waals surface area contributed by atoms with E-state index < -0.39 is 31.9 Å². The zero-order chi connectivity index (χ0) is 27.6. The molecule has 4 N–H and O–H groups in total. The molecule has 0 aliphatic rings. The van der Waals surface area contributed by atoms with Crippen LogP contribution in [0.1, 0.15) is 46.0 Å². The van der Waals surface area contributed by atoms with Crippen LogP contribution in [0.2, 0.25) is 0 Å². The lowest BCUT2D eigenvalue weighted by molar-refractivity contribution is -0.119. The molecule has 4 amide bonds. The van der Waals surface area contributed by atoms with E-state index in [1.807, 2.05) is 9.44 Å². The highest BCUT2D eigenvalue weighted by Gasteiger charge is 2.19. The van der Waals surface area contributed by atoms with Crippen LogP contribution < -0.4 is 20.1 Å². The third kappa shape index (κ3) is 10.0. The van der Waals surface area contributed by atoms with E-state index in [1.165, 1.54) is 62.4 Å². The average Bonchev–Trinajstić information content (AvgIpc) is 2.78. The first-order chi connectivity index (χ1) is 17.3. The summed E-state index contributed by atoms with van der Waals surface area (Å²) in [7, 11) is -8.16. The summed E-state index contributed by atoms with van der Waals surface area (Å²) in [6.45, 7) is 2.63. The Morgan fingerprint density at radius 3 is 1.19 bits per heavy atom. The van der Waals surface area contributed by atoms with Gasteiger partial charge in [-0.3, -0.25) is 19.2 Å². The van der Waals surface area contributed by atoms with Crippen molar-refractivity contribution in [3.05, 3.63) is 48.5 Å². The highest BCUT2D eigenvalue weighted by Crippen LogP contribution is 2.16. The predicted molar refractivity (Wildman–Crippen MR) is 135 cm³/mol. The van der Waals surface area contributed by atoms with Gasteiger partial charge in [0.05, 0.1) is 9.79 Å². The monoisotopic (exact) mass is 552 g/mol. The second kappa shape index (κ2) is 13.0. The van der Waals surface area contributed by atoms with Gasteiger partial charge in [-0.1, -0.05) is 6.42 Å². The second-order valence-corrected chi connectivity index (χ2v) is 11.4. The van der Waals surface area contributed by atoms with Crippen LogP contribution in [0.4, 0.5) is 11.4 Å². The summed E-state index contributed by atoms with van der Waals surface area (Å²) in [5.41, 5.74) is 0.823. The molecule has 0 fully saturated rings. The number of hydrogen-bond acceptors (Lipinski definition) is 8. The van der Waals surface area contributed by atoms with E-state index in [4.69, 9.17) is 0 Å². The van der Waals surface area contributed by atoms with Crippen LogP contribution in [0, 0.1) is 0 Å². The molecule has 2 rings (SSSR count). The summed E-state index contributed by atoms with van der Waals surface area (Å²) >= 11 is 0. The molecule has 0 unspecified atom stereocenters. The van der Waals surface area contributed by atoms with Crippen LogP contribution in [-0.2, 0) is 39.2 Å². The van der Waals surface area contributed by atoms with Crippen molar-refractivity contribution >= 4 is 55.1 Å². The zero-order valence-corrected chi connectivity index (χ0v) is 21.9. The Kier molecular flexibility index (Phi) is 10.3. The molecule has 0 aromatic heterocycles. The van der Waals surface area contributed by atoms with E-state index in [9.17, 15) is 36.0 Å². The first kappa shape index (κ1) is 29.5. The van der Waals surface area contributed by atoms with E-state index in [0.29, 0.717) is 17.8 Å². The maximum absolute atomic E-state index is 12.3. The van der Waals surface area contributed by atoms with Gasteiger partial charge in [0.15, 0.2) is 0 Å². The topological polar surface area (TPSA) is 185 Å². The van der Waals surface area contributed by atoms with Gasteiger partial charge in [-0.25, -0.2) is 26.3 Å². The Balaban J connectivity index is 1.74. The Bertz CT molecular complexity index is 1250. The van der Waals surface area contributed by atoms with Gasteiger partial charge in [-0.15, -0.1) is 0 Å². The maximum atomic E-state index is 12.3. The summed E-state index contributed by atoms with van der Waals surface area (Å²) in [5.74, 6) is -2.06. The van der Waals surface area contributed by atoms with Crippen molar-refractivity contribution in [2.24, 2.45) is 0 Å². The highest BCUT2D eigenvalue weighted by molar-refractivity contribution is 7.90. The standard InChI is InChI=1S/C23H28N4O8S2/c1-16(28)24-18-8-12-20(13-9-18)36(32,33)26-22(30)6-4-3-5-7-23(31)27-37(34,35)21-14-10-19(11-15-21)25-17(2)29/h8-15H,3-7H2,1-2H3,(H,24,28)(H,25,29)(H,26,30)(H,27,31). The number of benzene rings is 2. The summed E-state index contributed by atoms with van der Waals surface area (Å²) in [6, 6.07) is 10.6. The molecule has 0 bridgehead atoms. The van der Waals surface area contributed by atoms with E-state index in [-0.39, 0.29) is 47.3 Å². The van der Waals surface area contributed by atoms with E-state index in [2.05, 4.69) is 10.6 Å². The molecule has 0 spiro atoms. The lowest BCUT2D eigenvalue weighted by Crippen LogP contribution is -2.30. The number of unbranched alkanes of at least 4 members (excludes halogenated alkanes) is 2. The lowest BCUT2D eigenvalue weighted by atomic mass is 10.1. The molecule has 14 heteroatoms. The fourth-order valence-corrected chi connectivity index (χ4v) is 5.14. The Hall–Kier alpha value is -3.78. The third-order valence-corrected chi connectivity index (χ3v) is 7.55. The summed E-state index contributed by atoms with van der Waals surface area (Å²) in [5, 5.41) is 5.01. The van der Waals surface area contributed by atoms with Gasteiger partial charge >= 0.3 is 0 Å². The normalized spacial score (nSPS) is 11.3. The van der Waals surface area contributed by atoms with Gasteiger partial charge in [-0.2, -0.15) is 0 Å². The molecule has 0 saturated carbocycles. The van der Waals surface area contributed by atoms with Crippen molar-refractivity contribution in [3.8, 4) is 0 Å². The number of carbonyl (C=O) groups is 4. The minimum absolute atomic E-state index is 0.107. The van der Waals surface area contributed by atoms with Gasteiger partial charge in [-0.05, 0) is 61.4 Å². The molecule has 0 radical (unpaired) electrons. The third-order valence-electron chi connectivity index (χ3n) is 4.77. The molecule has 37 heavy (non-hydrogen) atoms. The van der Waals surface area contributed by atoms with E-state index >= 15 is 0 Å². The number of nitrogens with one attached hydrogen (secondary N) is 4. The minimum atomic E-state index is -4.08. The Morgan fingerprint density at radius 2 is 0.892 bits per heavy atom. The highest BCUT2D eigenvalue weighted by atomic mass is 32.2. The second-order valence-electron chi connectivity index (χ2n) is 8.03. The molecule has 0 aliphatic carbocycles. The Labute approximate surface area is 215 Å². The van der Waals surface area contributed by atoms with Crippen LogP contribution in [0.15, 0.2) is 58.3 Å². The van der Waals surface area contributed by atoms with Crippen LogP contribution in [-0.4, -0.2) is 40.5 Å². The van der Waals surface area contributed by atoms with Gasteiger partial charge in [0.2, 0.25) is 23.6 Å². The minimum Gasteiger partial charge on any atom is -0.326 e. The van der Waals surface area contributed by atoms with Crippen molar-refractivity contribution in [1.29, 1.82) is 0 Å². The van der Waals surface area contributed by atoms with E-state index in [1.54, 1.807) is 0 Å². The first-order valence-electron chi connectivity index (χ1n) is 11.1. The summed E-state index contributed by atoms with van der Waals surface area (Å²) in [6.07, 6.45) is 0.742. The Morgan fingerprint density at radius 1 is 0.568 bits per heavy atom. The molecule has 200 valence electrons. The molecule has 0 atom stereocenters. The molecule has 2 aromatic rings. The van der Waals surface area contributed by atoms with Crippen LogP contribution >= 0.6 is 0 Å².